The molecule has 4 aromatic rings. The molecular formula is C27H29N5O5. The van der Waals surface area contributed by atoms with Crippen molar-refractivity contribution in [3.05, 3.63) is 58.7 Å². The number of ether oxygens (including phenoxy) is 2. The zero-order valence-corrected chi connectivity index (χ0v) is 20.7. The van der Waals surface area contributed by atoms with Crippen LogP contribution in [0.25, 0.3) is 33.1 Å². The number of nitrogens with zero attached hydrogens (tertiary/aromatic N) is 2. The SMILES string of the molecule is CO[C@@H]1CCNC[C@@H](C(=O)N[C@@H](C#N)Cc2cc3ccc(-c4ccc5oc(=O)n(C)c5c4)cc3[nH]2)OC1. The molecule has 3 N–H and O–H groups in total. The minimum absolute atomic E-state index is 0.0698. The van der Waals surface area contributed by atoms with Crippen LogP contribution in [0.1, 0.15) is 12.1 Å². The molecule has 2 aromatic heterocycles. The summed E-state index contributed by atoms with van der Waals surface area (Å²) < 4.78 is 17.8. The van der Waals surface area contributed by atoms with E-state index in [-0.39, 0.29) is 12.0 Å². The Morgan fingerprint density at radius 2 is 2.08 bits per heavy atom. The summed E-state index contributed by atoms with van der Waals surface area (Å²) in [5, 5.41) is 16.7. The number of benzene rings is 2. The average molecular weight is 504 g/mol. The van der Waals surface area contributed by atoms with Crippen molar-refractivity contribution < 1.29 is 18.7 Å². The third-order valence-electron chi connectivity index (χ3n) is 6.78. The maximum atomic E-state index is 12.8. The largest absolute Gasteiger partial charge is 0.419 e. The van der Waals surface area contributed by atoms with Gasteiger partial charge in [-0.3, -0.25) is 9.36 Å². The van der Waals surface area contributed by atoms with Crippen LogP contribution in [0.2, 0.25) is 0 Å². The number of rotatable bonds is 6. The lowest BCUT2D eigenvalue weighted by Gasteiger charge is -2.25. The number of aryl methyl sites for hydroxylation is 1. The van der Waals surface area contributed by atoms with Gasteiger partial charge in [0.2, 0.25) is 0 Å². The summed E-state index contributed by atoms with van der Waals surface area (Å²) in [6, 6.07) is 15.1. The second-order valence-electron chi connectivity index (χ2n) is 9.27. The molecule has 10 nitrogen and oxygen atoms in total. The van der Waals surface area contributed by atoms with Crippen LogP contribution >= 0.6 is 0 Å². The zero-order valence-electron chi connectivity index (χ0n) is 20.7. The molecule has 3 atom stereocenters. The summed E-state index contributed by atoms with van der Waals surface area (Å²) >= 11 is 0. The monoisotopic (exact) mass is 503 g/mol. The van der Waals surface area contributed by atoms with Gasteiger partial charge in [0.25, 0.3) is 5.91 Å². The third kappa shape index (κ3) is 5.29. The van der Waals surface area contributed by atoms with Crippen molar-refractivity contribution in [2.45, 2.75) is 31.1 Å². The van der Waals surface area contributed by atoms with Crippen LogP contribution in [0, 0.1) is 11.3 Å². The number of aromatic nitrogens is 2. The molecule has 192 valence electrons. The van der Waals surface area contributed by atoms with E-state index in [1.165, 1.54) is 4.57 Å². The fourth-order valence-electron chi connectivity index (χ4n) is 4.61. The van der Waals surface area contributed by atoms with Crippen LogP contribution in [-0.2, 0) is 27.7 Å². The Kier molecular flexibility index (Phi) is 7.10. The van der Waals surface area contributed by atoms with Gasteiger partial charge >= 0.3 is 5.76 Å². The van der Waals surface area contributed by atoms with Crippen LogP contribution in [0.3, 0.4) is 0 Å². The van der Waals surface area contributed by atoms with Crippen molar-refractivity contribution in [2.24, 2.45) is 7.05 Å². The molecule has 0 aliphatic carbocycles. The number of carbonyl (C=O) groups excluding carboxylic acids is 1. The smallest absolute Gasteiger partial charge is 0.408 e. The molecule has 10 heteroatoms. The average Bonchev–Trinajstić information content (AvgIpc) is 3.42. The number of carbonyl (C=O) groups is 1. The number of H-pyrrole nitrogens is 1. The fraction of sp³-hybridized carbons (Fsp3) is 0.370. The summed E-state index contributed by atoms with van der Waals surface area (Å²) in [5.74, 6) is -0.717. The fourth-order valence-corrected chi connectivity index (χ4v) is 4.61. The lowest BCUT2D eigenvalue weighted by atomic mass is 10.0. The van der Waals surface area contributed by atoms with Crippen LogP contribution in [0.5, 0.6) is 0 Å². The van der Waals surface area contributed by atoms with E-state index in [1.54, 1.807) is 20.2 Å². The van der Waals surface area contributed by atoms with Crippen molar-refractivity contribution >= 4 is 27.9 Å². The van der Waals surface area contributed by atoms with E-state index in [0.29, 0.717) is 25.2 Å². The van der Waals surface area contributed by atoms with E-state index < -0.39 is 17.9 Å². The van der Waals surface area contributed by atoms with Gasteiger partial charge in [0.05, 0.1) is 24.3 Å². The van der Waals surface area contributed by atoms with Gasteiger partial charge in [0.15, 0.2) is 5.58 Å². The standard InChI is InChI=1S/C27H29N5O5/c1-32-23-11-17(5-6-24(23)37-27(32)34)16-3-4-18-9-19(30-22(18)10-16)12-20(13-28)31-26(33)25-14-29-8-7-21(35-2)15-36-25/h3-6,9-11,20-21,25,29-30H,7-8,12,14-15H2,1-2H3,(H,31,33)/t20-,21-,25+/m1/s1. The van der Waals surface area contributed by atoms with E-state index >= 15 is 0 Å². The van der Waals surface area contributed by atoms with Crippen molar-refractivity contribution in [3.63, 3.8) is 0 Å². The number of hydrogen-bond donors (Lipinski definition) is 3. The first-order chi connectivity index (χ1) is 17.9. The summed E-state index contributed by atoms with van der Waals surface area (Å²) in [4.78, 5) is 28.0. The Hall–Kier alpha value is -3.91. The van der Waals surface area contributed by atoms with Crippen molar-refractivity contribution in [3.8, 4) is 17.2 Å². The van der Waals surface area contributed by atoms with Crippen LogP contribution < -0.4 is 16.4 Å². The summed E-state index contributed by atoms with van der Waals surface area (Å²) in [7, 11) is 3.31. The van der Waals surface area contributed by atoms with Gasteiger partial charge in [-0.1, -0.05) is 18.2 Å². The quantitative estimate of drug-likeness (QED) is 0.367. The molecular weight excluding hydrogens is 474 g/mol. The summed E-state index contributed by atoms with van der Waals surface area (Å²) in [5.41, 5.74) is 4.95. The molecule has 1 aliphatic heterocycles. The van der Waals surface area contributed by atoms with E-state index in [4.69, 9.17) is 13.9 Å². The molecule has 1 fully saturated rings. The predicted octanol–water partition coefficient (Wildman–Crippen LogP) is 2.22. The topological polar surface area (TPSA) is 134 Å². The molecule has 0 unspecified atom stereocenters. The highest BCUT2D eigenvalue weighted by molar-refractivity contribution is 5.88. The molecule has 2 aromatic carbocycles. The third-order valence-corrected chi connectivity index (χ3v) is 6.78. The van der Waals surface area contributed by atoms with Crippen molar-refractivity contribution in [2.75, 3.05) is 26.8 Å². The Bertz CT molecular complexity index is 1530. The van der Waals surface area contributed by atoms with Gasteiger partial charge in [-0.15, -0.1) is 0 Å². The lowest BCUT2D eigenvalue weighted by molar-refractivity contribution is -0.136. The molecule has 0 radical (unpaired) electrons. The first-order valence-electron chi connectivity index (χ1n) is 12.2. The molecule has 1 amide bonds. The first-order valence-corrected chi connectivity index (χ1v) is 12.2. The normalized spacial score (nSPS) is 19.3. The number of nitriles is 1. The number of oxazole rings is 1. The zero-order chi connectivity index (χ0) is 25.9. The number of hydrogen-bond acceptors (Lipinski definition) is 7. The first kappa shape index (κ1) is 24.8. The highest BCUT2D eigenvalue weighted by Gasteiger charge is 2.25. The van der Waals surface area contributed by atoms with Crippen LogP contribution in [0.15, 0.2) is 51.7 Å². The molecule has 0 spiro atoms. The molecule has 0 saturated carbocycles. The minimum Gasteiger partial charge on any atom is -0.408 e. The molecule has 37 heavy (non-hydrogen) atoms. The Labute approximate surface area is 213 Å². The van der Waals surface area contributed by atoms with Gasteiger partial charge < -0.3 is 29.5 Å². The number of aromatic amines is 1. The number of fused-ring (bicyclic) bond motifs is 2. The maximum Gasteiger partial charge on any atom is 0.419 e. The highest BCUT2D eigenvalue weighted by atomic mass is 16.5. The minimum atomic E-state index is -0.711. The van der Waals surface area contributed by atoms with E-state index in [1.807, 2.05) is 36.4 Å². The lowest BCUT2D eigenvalue weighted by Crippen LogP contribution is -2.49. The van der Waals surface area contributed by atoms with Crippen LogP contribution in [-0.4, -0.2) is 60.5 Å². The van der Waals surface area contributed by atoms with Gasteiger partial charge in [-0.2, -0.15) is 5.26 Å². The van der Waals surface area contributed by atoms with Crippen molar-refractivity contribution in [1.82, 2.24) is 20.2 Å². The molecule has 1 aliphatic rings. The number of methoxy groups -OCH3 is 1. The second kappa shape index (κ2) is 10.6. The number of nitrogens with one attached hydrogen (secondary N) is 3. The Morgan fingerprint density at radius 3 is 2.89 bits per heavy atom. The van der Waals surface area contributed by atoms with Gasteiger partial charge in [0.1, 0.15) is 12.1 Å². The van der Waals surface area contributed by atoms with E-state index in [0.717, 1.165) is 46.2 Å². The maximum absolute atomic E-state index is 12.8. The van der Waals surface area contributed by atoms with Crippen molar-refractivity contribution in [1.29, 1.82) is 5.26 Å². The molecule has 5 rings (SSSR count). The molecule has 0 bridgehead atoms. The van der Waals surface area contributed by atoms with Gasteiger partial charge in [-0.25, -0.2) is 4.79 Å². The highest BCUT2D eigenvalue weighted by Crippen LogP contribution is 2.27. The summed E-state index contributed by atoms with van der Waals surface area (Å²) in [6.45, 7) is 1.45. The van der Waals surface area contributed by atoms with Crippen LogP contribution in [0.4, 0.5) is 0 Å². The Morgan fingerprint density at radius 1 is 1.27 bits per heavy atom. The Balaban J connectivity index is 1.29. The van der Waals surface area contributed by atoms with Gasteiger partial charge in [0, 0.05) is 38.3 Å². The second-order valence-corrected chi connectivity index (χ2v) is 9.27. The summed E-state index contributed by atoms with van der Waals surface area (Å²) in [6.07, 6.45) is 0.382. The predicted molar refractivity (Wildman–Crippen MR) is 138 cm³/mol. The number of amides is 1. The molecule has 3 heterocycles. The molecule has 1 saturated heterocycles. The van der Waals surface area contributed by atoms with Gasteiger partial charge in [-0.05, 0) is 53.7 Å². The van der Waals surface area contributed by atoms with E-state index in [2.05, 4.69) is 21.7 Å². The van der Waals surface area contributed by atoms with E-state index in [9.17, 15) is 14.9 Å².